The molecule has 0 saturated carbocycles. The molecule has 0 amide bonds. The minimum absolute atomic E-state index is 0.809. The van der Waals surface area contributed by atoms with Gasteiger partial charge < -0.3 is 0 Å². The van der Waals surface area contributed by atoms with Crippen molar-refractivity contribution in [3.63, 3.8) is 0 Å². The first-order valence-corrected chi connectivity index (χ1v) is 6.29. The lowest BCUT2D eigenvalue weighted by molar-refractivity contribution is 0.665. The summed E-state index contributed by atoms with van der Waals surface area (Å²) in [6, 6.07) is 0. The van der Waals surface area contributed by atoms with Gasteiger partial charge in [-0.1, -0.05) is 0 Å². The summed E-state index contributed by atoms with van der Waals surface area (Å²) < 4.78 is 3.11. The van der Waals surface area contributed by atoms with Crippen LogP contribution in [0.2, 0.25) is 0 Å². The van der Waals surface area contributed by atoms with Gasteiger partial charge in [0, 0.05) is 11.1 Å². The predicted molar refractivity (Wildman–Crippen MR) is 65.4 cm³/mol. The fourth-order valence-electron chi connectivity index (χ4n) is 1.46. The molecule has 15 heavy (non-hydrogen) atoms. The van der Waals surface area contributed by atoms with Crippen molar-refractivity contribution < 1.29 is 0 Å². The maximum atomic E-state index is 4.46. The summed E-state index contributed by atoms with van der Waals surface area (Å²) >= 11 is 5.24. The van der Waals surface area contributed by atoms with Gasteiger partial charge in [0.1, 0.15) is 0 Å². The molecule has 0 saturated heterocycles. The number of nitrogens with zero attached hydrogens (tertiary/aromatic N) is 3. The summed E-state index contributed by atoms with van der Waals surface area (Å²) in [5.41, 5.74) is 2.20. The third-order valence-corrected chi connectivity index (χ3v) is 4.31. The lowest BCUT2D eigenvalue weighted by atomic mass is 10.4. The van der Waals surface area contributed by atoms with Gasteiger partial charge in [-0.25, -0.2) is 4.98 Å². The van der Waals surface area contributed by atoms with E-state index in [-0.39, 0.29) is 0 Å². The van der Waals surface area contributed by atoms with Gasteiger partial charge in [0.05, 0.1) is 27.4 Å². The zero-order chi connectivity index (χ0) is 11.0. The maximum absolute atomic E-state index is 4.46. The second-order valence-electron chi connectivity index (χ2n) is 3.49. The lowest BCUT2D eigenvalue weighted by Crippen LogP contribution is -2.02. The predicted octanol–water partition coefficient (Wildman–Crippen LogP) is 3.08. The van der Waals surface area contributed by atoms with E-state index in [1.165, 1.54) is 10.6 Å². The normalized spacial score (nSPS) is 10.9. The van der Waals surface area contributed by atoms with Crippen LogP contribution in [-0.2, 0) is 6.54 Å². The van der Waals surface area contributed by atoms with Gasteiger partial charge in [-0.3, -0.25) is 4.68 Å². The molecule has 0 radical (unpaired) electrons. The van der Waals surface area contributed by atoms with E-state index in [9.17, 15) is 0 Å². The highest BCUT2D eigenvalue weighted by molar-refractivity contribution is 9.10. The van der Waals surface area contributed by atoms with Gasteiger partial charge in [0.2, 0.25) is 0 Å². The van der Waals surface area contributed by atoms with Crippen LogP contribution < -0.4 is 0 Å². The Bertz CT molecular complexity index is 487. The van der Waals surface area contributed by atoms with Crippen molar-refractivity contribution in [2.75, 3.05) is 0 Å². The van der Waals surface area contributed by atoms with Crippen LogP contribution in [0.25, 0.3) is 0 Å². The highest BCUT2D eigenvalue weighted by Crippen LogP contribution is 2.21. The van der Waals surface area contributed by atoms with Crippen molar-refractivity contribution in [3.05, 3.63) is 31.9 Å². The topological polar surface area (TPSA) is 30.7 Å². The van der Waals surface area contributed by atoms with Crippen molar-refractivity contribution >= 4 is 27.3 Å². The van der Waals surface area contributed by atoms with E-state index in [0.29, 0.717) is 0 Å². The molecule has 0 N–H and O–H groups in total. The SMILES string of the molecule is Cc1ncc(Cn2nc(C)c(Br)c2C)s1. The van der Waals surface area contributed by atoms with Gasteiger partial charge in [-0.15, -0.1) is 11.3 Å². The molecule has 2 rings (SSSR count). The summed E-state index contributed by atoms with van der Waals surface area (Å²) in [6.45, 7) is 6.90. The second kappa shape index (κ2) is 4.06. The maximum Gasteiger partial charge on any atom is 0.0897 e. The van der Waals surface area contributed by atoms with Crippen LogP contribution >= 0.6 is 27.3 Å². The fraction of sp³-hybridized carbons (Fsp3) is 0.400. The lowest BCUT2D eigenvalue weighted by Gasteiger charge is -2.00. The minimum Gasteiger partial charge on any atom is -0.263 e. The molecule has 0 unspecified atom stereocenters. The number of aromatic nitrogens is 3. The van der Waals surface area contributed by atoms with Crippen molar-refractivity contribution in [2.24, 2.45) is 0 Å². The Morgan fingerprint density at radius 2 is 2.13 bits per heavy atom. The zero-order valence-corrected chi connectivity index (χ0v) is 11.3. The average Bonchev–Trinajstić information content (AvgIpc) is 2.68. The van der Waals surface area contributed by atoms with E-state index in [4.69, 9.17) is 0 Å². The molecule has 0 aliphatic carbocycles. The smallest absolute Gasteiger partial charge is 0.0897 e. The second-order valence-corrected chi connectivity index (χ2v) is 5.60. The molecule has 3 nitrogen and oxygen atoms in total. The molecule has 0 atom stereocenters. The van der Waals surface area contributed by atoms with E-state index >= 15 is 0 Å². The molecule has 2 heterocycles. The average molecular weight is 286 g/mol. The van der Waals surface area contributed by atoms with Crippen LogP contribution in [0.5, 0.6) is 0 Å². The Balaban J connectivity index is 2.28. The number of hydrogen-bond donors (Lipinski definition) is 0. The first-order chi connectivity index (χ1) is 7.08. The minimum atomic E-state index is 0.809. The van der Waals surface area contributed by atoms with Gasteiger partial charge in [-0.2, -0.15) is 5.10 Å². The van der Waals surface area contributed by atoms with Gasteiger partial charge in [-0.05, 0) is 36.7 Å². The fourth-order valence-corrected chi connectivity index (χ4v) is 2.52. The third-order valence-electron chi connectivity index (χ3n) is 2.27. The van der Waals surface area contributed by atoms with Crippen LogP contribution in [0.3, 0.4) is 0 Å². The van der Waals surface area contributed by atoms with Crippen LogP contribution in [0, 0.1) is 20.8 Å². The number of hydrogen-bond acceptors (Lipinski definition) is 3. The molecule has 2 aromatic rings. The Hall–Kier alpha value is -0.680. The van der Waals surface area contributed by atoms with Crippen molar-refractivity contribution in [3.8, 4) is 0 Å². The third kappa shape index (κ3) is 2.13. The summed E-state index contributed by atoms with van der Waals surface area (Å²) in [4.78, 5) is 5.48. The summed E-state index contributed by atoms with van der Waals surface area (Å²) in [6.07, 6.45) is 1.92. The van der Waals surface area contributed by atoms with Crippen LogP contribution in [0.4, 0.5) is 0 Å². The Kier molecular flexibility index (Phi) is 2.93. The molecular weight excluding hydrogens is 274 g/mol. The highest BCUT2D eigenvalue weighted by Gasteiger charge is 2.09. The molecule has 5 heteroatoms. The molecule has 0 aliphatic heterocycles. The summed E-state index contributed by atoms with van der Waals surface area (Å²) in [5, 5.41) is 5.57. The molecule has 0 aromatic carbocycles. The van der Waals surface area contributed by atoms with E-state index in [1.807, 2.05) is 24.7 Å². The summed E-state index contributed by atoms with van der Waals surface area (Å²) in [7, 11) is 0. The molecule has 0 fully saturated rings. The number of rotatable bonds is 2. The van der Waals surface area contributed by atoms with Gasteiger partial charge in [0.25, 0.3) is 0 Å². The first kappa shape index (κ1) is 10.8. The van der Waals surface area contributed by atoms with Crippen LogP contribution in [0.15, 0.2) is 10.7 Å². The molecule has 0 bridgehead atoms. The Morgan fingerprint density at radius 1 is 1.40 bits per heavy atom. The van der Waals surface area contributed by atoms with Crippen molar-refractivity contribution in [1.82, 2.24) is 14.8 Å². The standard InChI is InChI=1S/C10H12BrN3S/c1-6-10(11)7(2)14(13-6)5-9-4-12-8(3)15-9/h4H,5H2,1-3H3. The van der Waals surface area contributed by atoms with E-state index in [0.717, 1.165) is 21.7 Å². The molecule has 2 aromatic heterocycles. The van der Waals surface area contributed by atoms with Gasteiger partial charge >= 0.3 is 0 Å². The Morgan fingerprint density at radius 3 is 2.60 bits per heavy atom. The molecule has 80 valence electrons. The van der Waals surface area contributed by atoms with E-state index in [2.05, 4.69) is 32.9 Å². The van der Waals surface area contributed by atoms with Crippen molar-refractivity contribution in [1.29, 1.82) is 0 Å². The zero-order valence-electron chi connectivity index (χ0n) is 8.91. The largest absolute Gasteiger partial charge is 0.263 e. The highest BCUT2D eigenvalue weighted by atomic mass is 79.9. The Labute approximate surface area is 101 Å². The van der Waals surface area contributed by atoms with Crippen molar-refractivity contribution in [2.45, 2.75) is 27.3 Å². The first-order valence-electron chi connectivity index (χ1n) is 4.68. The monoisotopic (exact) mass is 285 g/mol. The van der Waals surface area contributed by atoms with Crippen LogP contribution in [-0.4, -0.2) is 14.8 Å². The number of thiazole rings is 1. The molecule has 0 spiro atoms. The summed E-state index contributed by atoms with van der Waals surface area (Å²) in [5.74, 6) is 0. The molecular formula is C10H12BrN3S. The van der Waals surface area contributed by atoms with E-state index < -0.39 is 0 Å². The quantitative estimate of drug-likeness (QED) is 0.849. The number of halogens is 1. The van der Waals surface area contributed by atoms with Crippen LogP contribution in [0.1, 0.15) is 21.3 Å². The number of aryl methyl sites for hydroxylation is 2. The van der Waals surface area contributed by atoms with Gasteiger partial charge in [0.15, 0.2) is 0 Å². The van der Waals surface area contributed by atoms with E-state index in [1.54, 1.807) is 11.3 Å². The molecule has 0 aliphatic rings.